The number of amides is 1. The topological polar surface area (TPSA) is 80.8 Å². The Morgan fingerprint density at radius 1 is 1.11 bits per heavy atom. The molecule has 1 saturated carbocycles. The van der Waals surface area contributed by atoms with Gasteiger partial charge in [-0.05, 0) is 74.8 Å². The third kappa shape index (κ3) is 3.98. The van der Waals surface area contributed by atoms with E-state index in [-0.39, 0.29) is 23.5 Å². The number of aliphatic imine (C=N–C) groups is 1. The molecule has 11 heteroatoms. The number of rotatable bonds is 4. The van der Waals surface area contributed by atoms with E-state index in [0.717, 1.165) is 17.8 Å². The first kappa shape index (κ1) is 25.6. The van der Waals surface area contributed by atoms with Crippen molar-refractivity contribution in [2.75, 3.05) is 0 Å². The zero-order valence-corrected chi connectivity index (χ0v) is 20.4. The fourth-order valence-electron chi connectivity index (χ4n) is 6.31. The predicted octanol–water partition coefficient (Wildman–Crippen LogP) is 5.25. The SMILES string of the molecule is CC(C)N1C(=O)C2(N=C1N)c1cc(-c3cncc(C(F)(F)F)c3)ccc1C[C@]21CC[C@@H](OC(F)F)CC1. The number of nitrogens with two attached hydrogens (primary N) is 1. The summed E-state index contributed by atoms with van der Waals surface area (Å²) in [6.45, 7) is 0.760. The van der Waals surface area contributed by atoms with Gasteiger partial charge in [-0.2, -0.15) is 22.0 Å². The van der Waals surface area contributed by atoms with Gasteiger partial charge in [0.1, 0.15) is 0 Å². The molecule has 1 aliphatic heterocycles. The number of nitrogens with zero attached hydrogens (tertiary/aromatic N) is 3. The first-order chi connectivity index (χ1) is 17.4. The van der Waals surface area contributed by atoms with E-state index in [1.165, 1.54) is 11.1 Å². The molecule has 0 radical (unpaired) electrons. The van der Waals surface area contributed by atoms with Crippen molar-refractivity contribution < 1.29 is 31.5 Å². The molecule has 1 aromatic heterocycles. The third-order valence-electron chi connectivity index (χ3n) is 7.95. The van der Waals surface area contributed by atoms with Crippen LogP contribution in [-0.4, -0.2) is 40.5 Å². The zero-order chi connectivity index (χ0) is 26.8. The Hall–Kier alpha value is -3.08. The van der Waals surface area contributed by atoms with E-state index in [9.17, 15) is 26.7 Å². The van der Waals surface area contributed by atoms with E-state index in [2.05, 4.69) is 4.98 Å². The second kappa shape index (κ2) is 8.75. The molecule has 5 rings (SSSR count). The van der Waals surface area contributed by atoms with Crippen LogP contribution >= 0.6 is 0 Å². The highest BCUT2D eigenvalue weighted by Gasteiger charge is 2.67. The summed E-state index contributed by atoms with van der Waals surface area (Å²) < 4.78 is 70.5. The van der Waals surface area contributed by atoms with E-state index in [1.54, 1.807) is 18.2 Å². The largest absolute Gasteiger partial charge is 0.417 e. The van der Waals surface area contributed by atoms with E-state index in [1.807, 2.05) is 13.8 Å². The van der Waals surface area contributed by atoms with Crippen molar-refractivity contribution >= 4 is 11.9 Å². The number of fused-ring (bicyclic) bond motifs is 3. The summed E-state index contributed by atoms with van der Waals surface area (Å²) in [7, 11) is 0. The van der Waals surface area contributed by atoms with Crippen molar-refractivity contribution in [1.82, 2.24) is 9.88 Å². The van der Waals surface area contributed by atoms with Gasteiger partial charge in [-0.1, -0.05) is 12.1 Å². The molecule has 2 aliphatic carbocycles. The lowest BCUT2D eigenvalue weighted by atomic mass is 9.61. The first-order valence-electron chi connectivity index (χ1n) is 12.2. The van der Waals surface area contributed by atoms with Crippen LogP contribution in [0.15, 0.2) is 41.7 Å². The summed E-state index contributed by atoms with van der Waals surface area (Å²) in [5, 5.41) is 0. The summed E-state index contributed by atoms with van der Waals surface area (Å²) in [6.07, 6.45) is -1.13. The van der Waals surface area contributed by atoms with E-state index < -0.39 is 35.4 Å². The molecule has 1 aromatic carbocycles. The Morgan fingerprint density at radius 3 is 2.41 bits per heavy atom. The molecule has 2 aromatic rings. The van der Waals surface area contributed by atoms with E-state index in [4.69, 9.17) is 15.5 Å². The van der Waals surface area contributed by atoms with Crippen molar-refractivity contribution in [3.05, 3.63) is 53.3 Å². The fraction of sp³-hybridized carbons (Fsp3) is 0.500. The van der Waals surface area contributed by atoms with Crippen molar-refractivity contribution in [1.29, 1.82) is 0 Å². The number of aromatic nitrogens is 1. The summed E-state index contributed by atoms with van der Waals surface area (Å²) >= 11 is 0. The van der Waals surface area contributed by atoms with Crippen LogP contribution in [0.2, 0.25) is 0 Å². The van der Waals surface area contributed by atoms with Gasteiger partial charge in [-0.25, -0.2) is 4.99 Å². The molecule has 3 aliphatic rings. The Balaban J connectivity index is 1.62. The number of alkyl halides is 5. The van der Waals surface area contributed by atoms with Crippen molar-refractivity contribution in [2.24, 2.45) is 16.1 Å². The van der Waals surface area contributed by atoms with E-state index in [0.29, 0.717) is 43.2 Å². The van der Waals surface area contributed by atoms with Crippen LogP contribution in [-0.2, 0) is 27.7 Å². The van der Waals surface area contributed by atoms with Gasteiger partial charge in [0.05, 0.1) is 11.7 Å². The molecule has 0 saturated heterocycles. The van der Waals surface area contributed by atoms with Crippen LogP contribution in [0.3, 0.4) is 0 Å². The summed E-state index contributed by atoms with van der Waals surface area (Å²) in [5.74, 6) is -0.226. The number of guanidine groups is 1. The molecule has 6 nitrogen and oxygen atoms in total. The van der Waals surface area contributed by atoms with Crippen LogP contribution in [0.1, 0.15) is 56.2 Å². The molecule has 1 fully saturated rings. The number of hydrogen-bond acceptors (Lipinski definition) is 5. The van der Waals surface area contributed by atoms with Crippen LogP contribution in [0, 0.1) is 5.41 Å². The van der Waals surface area contributed by atoms with E-state index >= 15 is 0 Å². The van der Waals surface area contributed by atoms with Gasteiger partial charge in [0, 0.05) is 29.4 Å². The maximum atomic E-state index is 14.1. The number of ether oxygens (including phenoxy) is 1. The minimum absolute atomic E-state index is 0.0734. The lowest BCUT2D eigenvalue weighted by molar-refractivity contribution is -0.179. The minimum atomic E-state index is -4.55. The smallest absolute Gasteiger partial charge is 0.369 e. The molecular weight excluding hydrogens is 495 g/mol. The molecule has 0 bridgehead atoms. The average molecular weight is 523 g/mol. The average Bonchev–Trinajstić information content (AvgIpc) is 3.25. The van der Waals surface area contributed by atoms with Gasteiger partial charge in [0.25, 0.3) is 5.91 Å². The highest BCUT2D eigenvalue weighted by molar-refractivity contribution is 6.08. The van der Waals surface area contributed by atoms with Crippen LogP contribution in [0.25, 0.3) is 11.1 Å². The molecule has 2 N–H and O–H groups in total. The number of carbonyl (C=O) groups excluding carboxylic acids is 1. The molecule has 37 heavy (non-hydrogen) atoms. The number of hydrogen-bond donors (Lipinski definition) is 1. The van der Waals surface area contributed by atoms with Gasteiger partial charge in [-0.3, -0.25) is 14.7 Å². The normalized spacial score (nSPS) is 27.6. The maximum Gasteiger partial charge on any atom is 0.417 e. The lowest BCUT2D eigenvalue weighted by Crippen LogP contribution is -2.53. The van der Waals surface area contributed by atoms with Gasteiger partial charge in [-0.15, -0.1) is 0 Å². The molecule has 2 heterocycles. The van der Waals surface area contributed by atoms with Gasteiger partial charge in [0.15, 0.2) is 11.5 Å². The molecule has 1 amide bonds. The molecule has 198 valence electrons. The first-order valence-corrected chi connectivity index (χ1v) is 12.2. The molecule has 2 spiro atoms. The number of benzene rings is 1. The number of halogens is 5. The van der Waals surface area contributed by atoms with Crippen molar-refractivity contribution in [2.45, 2.75) is 76.4 Å². The third-order valence-corrected chi connectivity index (χ3v) is 7.95. The van der Waals surface area contributed by atoms with Crippen LogP contribution in [0.4, 0.5) is 22.0 Å². The van der Waals surface area contributed by atoms with Crippen LogP contribution in [0.5, 0.6) is 0 Å². The van der Waals surface area contributed by atoms with Crippen molar-refractivity contribution in [3.8, 4) is 11.1 Å². The fourth-order valence-corrected chi connectivity index (χ4v) is 6.31. The van der Waals surface area contributed by atoms with Gasteiger partial charge >= 0.3 is 12.8 Å². The second-order valence-electron chi connectivity index (χ2n) is 10.3. The summed E-state index contributed by atoms with van der Waals surface area (Å²) in [4.78, 5) is 24.1. The Bertz CT molecular complexity index is 1250. The molecular formula is C26H27F5N4O2. The Kier molecular flexibility index (Phi) is 6.04. The molecule has 1 unspecified atom stereocenters. The monoisotopic (exact) mass is 522 g/mol. The highest BCUT2D eigenvalue weighted by atomic mass is 19.4. The van der Waals surface area contributed by atoms with Gasteiger partial charge in [0.2, 0.25) is 0 Å². The highest BCUT2D eigenvalue weighted by Crippen LogP contribution is 2.62. The Labute approximate surface area is 210 Å². The quantitative estimate of drug-likeness (QED) is 0.556. The van der Waals surface area contributed by atoms with Crippen LogP contribution < -0.4 is 5.73 Å². The summed E-state index contributed by atoms with van der Waals surface area (Å²) in [6, 6.07) is 5.97. The minimum Gasteiger partial charge on any atom is -0.369 e. The number of pyridine rings is 1. The summed E-state index contributed by atoms with van der Waals surface area (Å²) in [5.41, 5.74) is 5.45. The molecule has 1 atom stereocenters. The maximum absolute atomic E-state index is 14.1. The standard InChI is InChI=1S/C26H27F5N4O2/c1-14(2)35-21(36)25(34-23(35)32)20-10-15(17-9-18(13-33-12-17)26(29,30)31)3-4-16(20)11-24(25)7-5-19(6-8-24)37-22(27)28/h3-4,9-10,12-14,19,22H,5-8,11H2,1-2H3,(H2,32,34)/t19-,24-,25?. The van der Waals surface area contributed by atoms with Crippen molar-refractivity contribution in [3.63, 3.8) is 0 Å². The Morgan fingerprint density at radius 2 is 1.81 bits per heavy atom. The zero-order valence-electron chi connectivity index (χ0n) is 20.4. The predicted molar refractivity (Wildman–Crippen MR) is 125 cm³/mol. The lowest BCUT2D eigenvalue weighted by Gasteiger charge is -2.45. The second-order valence-corrected chi connectivity index (χ2v) is 10.3. The van der Waals surface area contributed by atoms with Gasteiger partial charge < -0.3 is 10.5 Å². The number of carbonyl (C=O) groups is 1.